The van der Waals surface area contributed by atoms with Crippen molar-refractivity contribution in [2.24, 2.45) is 0 Å². The van der Waals surface area contributed by atoms with Crippen LogP contribution in [-0.4, -0.2) is 21.1 Å². The van der Waals surface area contributed by atoms with Gasteiger partial charge in [0.2, 0.25) is 0 Å². The van der Waals surface area contributed by atoms with Crippen molar-refractivity contribution in [3.05, 3.63) is 47.8 Å². The molecule has 0 radical (unpaired) electrons. The Morgan fingerprint density at radius 2 is 1.89 bits per heavy atom. The Hall–Kier alpha value is -2.56. The van der Waals surface area contributed by atoms with Gasteiger partial charge in [-0.3, -0.25) is 9.78 Å². The molecule has 2 aromatic rings. The van der Waals surface area contributed by atoms with Crippen LogP contribution in [0.3, 0.4) is 0 Å². The highest BCUT2D eigenvalue weighted by atomic mass is 16.3. The lowest BCUT2D eigenvalue weighted by atomic mass is 10.2. The minimum absolute atomic E-state index is 0.164. The van der Waals surface area contributed by atoms with Gasteiger partial charge in [0, 0.05) is 17.8 Å². The summed E-state index contributed by atoms with van der Waals surface area (Å²) >= 11 is 0. The number of anilines is 1. The maximum Gasteiger partial charge on any atom is 0.255 e. The summed E-state index contributed by atoms with van der Waals surface area (Å²) < 4.78 is 0. The van der Waals surface area contributed by atoms with Crippen LogP contribution >= 0.6 is 0 Å². The van der Waals surface area contributed by atoms with Crippen LogP contribution in [0.15, 0.2) is 36.5 Å². The van der Waals surface area contributed by atoms with E-state index in [0.717, 1.165) is 6.07 Å². The Morgan fingerprint density at radius 1 is 1.22 bits per heavy atom. The molecule has 2 rings (SSSR count). The van der Waals surface area contributed by atoms with Gasteiger partial charge in [-0.2, -0.15) is 0 Å². The highest BCUT2D eigenvalue weighted by molar-refractivity contribution is 6.05. The largest absolute Gasteiger partial charge is 0.508 e. The number of nitrogens with one attached hydrogen (secondary N) is 1. The summed E-state index contributed by atoms with van der Waals surface area (Å²) in [7, 11) is 0. The molecule has 18 heavy (non-hydrogen) atoms. The van der Waals surface area contributed by atoms with E-state index in [-0.39, 0.29) is 17.1 Å². The molecule has 92 valence electrons. The van der Waals surface area contributed by atoms with Crippen molar-refractivity contribution in [2.75, 3.05) is 5.32 Å². The Bertz CT molecular complexity index is 576. The van der Waals surface area contributed by atoms with Crippen LogP contribution in [0.25, 0.3) is 0 Å². The average molecular weight is 244 g/mol. The Morgan fingerprint density at radius 3 is 2.50 bits per heavy atom. The predicted octanol–water partition coefficient (Wildman–Crippen LogP) is 2.05. The SMILES string of the molecule is Cc1ncccc1NC(=O)c1cc(O)cc(O)c1. The van der Waals surface area contributed by atoms with E-state index in [0.29, 0.717) is 11.4 Å². The molecule has 0 aliphatic carbocycles. The number of rotatable bonds is 2. The van der Waals surface area contributed by atoms with E-state index >= 15 is 0 Å². The topological polar surface area (TPSA) is 82.5 Å². The monoisotopic (exact) mass is 244 g/mol. The second kappa shape index (κ2) is 4.75. The molecule has 0 atom stereocenters. The molecular formula is C13H12N2O3. The van der Waals surface area contributed by atoms with Crippen LogP contribution in [-0.2, 0) is 0 Å². The van der Waals surface area contributed by atoms with Crippen LogP contribution in [0.1, 0.15) is 16.1 Å². The third-order valence-electron chi connectivity index (χ3n) is 2.42. The minimum atomic E-state index is -0.419. The van der Waals surface area contributed by atoms with E-state index in [1.165, 1.54) is 12.1 Å². The van der Waals surface area contributed by atoms with Crippen LogP contribution < -0.4 is 5.32 Å². The van der Waals surface area contributed by atoms with Crippen molar-refractivity contribution in [3.8, 4) is 11.5 Å². The highest BCUT2D eigenvalue weighted by Crippen LogP contribution is 2.21. The molecule has 0 aliphatic rings. The second-order valence-corrected chi connectivity index (χ2v) is 3.83. The zero-order chi connectivity index (χ0) is 13.1. The quantitative estimate of drug-likeness (QED) is 0.755. The fourth-order valence-electron chi connectivity index (χ4n) is 1.54. The molecule has 1 aromatic heterocycles. The summed E-state index contributed by atoms with van der Waals surface area (Å²) in [6.07, 6.45) is 1.63. The lowest BCUT2D eigenvalue weighted by Crippen LogP contribution is -2.12. The molecule has 1 heterocycles. The number of hydrogen-bond acceptors (Lipinski definition) is 4. The van der Waals surface area contributed by atoms with Gasteiger partial charge in [0.25, 0.3) is 5.91 Å². The van der Waals surface area contributed by atoms with Crippen molar-refractivity contribution in [2.45, 2.75) is 6.92 Å². The number of aryl methyl sites for hydroxylation is 1. The van der Waals surface area contributed by atoms with Gasteiger partial charge in [-0.1, -0.05) is 0 Å². The van der Waals surface area contributed by atoms with E-state index in [9.17, 15) is 15.0 Å². The summed E-state index contributed by atoms with van der Waals surface area (Å²) in [5.74, 6) is -0.747. The van der Waals surface area contributed by atoms with Crippen LogP contribution in [0.2, 0.25) is 0 Å². The first kappa shape index (κ1) is 11.9. The van der Waals surface area contributed by atoms with Gasteiger partial charge < -0.3 is 15.5 Å². The number of carbonyl (C=O) groups excluding carboxylic acids is 1. The van der Waals surface area contributed by atoms with Crippen molar-refractivity contribution >= 4 is 11.6 Å². The van der Waals surface area contributed by atoms with E-state index in [2.05, 4.69) is 10.3 Å². The Balaban J connectivity index is 2.25. The Labute approximate surface area is 104 Å². The zero-order valence-electron chi connectivity index (χ0n) is 9.71. The molecule has 5 nitrogen and oxygen atoms in total. The van der Waals surface area contributed by atoms with Gasteiger partial charge >= 0.3 is 0 Å². The summed E-state index contributed by atoms with van der Waals surface area (Å²) in [4.78, 5) is 16.0. The molecule has 0 saturated heterocycles. The fraction of sp³-hybridized carbons (Fsp3) is 0.0769. The van der Waals surface area contributed by atoms with Gasteiger partial charge in [-0.15, -0.1) is 0 Å². The number of hydrogen-bond donors (Lipinski definition) is 3. The first-order valence-corrected chi connectivity index (χ1v) is 5.32. The first-order chi connectivity index (χ1) is 8.56. The summed E-state index contributed by atoms with van der Waals surface area (Å²) in [6.45, 7) is 1.77. The van der Waals surface area contributed by atoms with Crippen molar-refractivity contribution in [1.29, 1.82) is 0 Å². The summed E-state index contributed by atoms with van der Waals surface area (Å²) in [6, 6.07) is 7.15. The van der Waals surface area contributed by atoms with Gasteiger partial charge in [0.1, 0.15) is 11.5 Å². The smallest absolute Gasteiger partial charge is 0.255 e. The molecule has 0 unspecified atom stereocenters. The number of benzene rings is 1. The predicted molar refractivity (Wildman–Crippen MR) is 66.7 cm³/mol. The second-order valence-electron chi connectivity index (χ2n) is 3.83. The number of nitrogens with zero attached hydrogens (tertiary/aromatic N) is 1. The summed E-state index contributed by atoms with van der Waals surface area (Å²) in [5.41, 5.74) is 1.45. The molecule has 0 saturated carbocycles. The summed E-state index contributed by atoms with van der Waals surface area (Å²) in [5, 5.41) is 21.3. The van der Waals surface area contributed by atoms with Gasteiger partial charge in [0.15, 0.2) is 0 Å². The maximum atomic E-state index is 11.9. The zero-order valence-corrected chi connectivity index (χ0v) is 9.71. The molecule has 0 spiro atoms. The average Bonchev–Trinajstić information content (AvgIpc) is 2.31. The van der Waals surface area contributed by atoms with Crippen LogP contribution in [0, 0.1) is 6.92 Å². The minimum Gasteiger partial charge on any atom is -0.508 e. The first-order valence-electron chi connectivity index (χ1n) is 5.32. The maximum absolute atomic E-state index is 11.9. The number of pyridine rings is 1. The molecule has 0 fully saturated rings. The normalized spacial score (nSPS) is 10.1. The molecule has 3 N–H and O–H groups in total. The molecular weight excluding hydrogens is 232 g/mol. The number of amides is 1. The lowest BCUT2D eigenvalue weighted by Gasteiger charge is -2.07. The molecule has 1 aromatic carbocycles. The van der Waals surface area contributed by atoms with Crippen molar-refractivity contribution < 1.29 is 15.0 Å². The lowest BCUT2D eigenvalue weighted by molar-refractivity contribution is 0.102. The molecule has 5 heteroatoms. The fourth-order valence-corrected chi connectivity index (χ4v) is 1.54. The number of aromatic hydroxyl groups is 2. The number of phenolic OH excluding ortho intramolecular Hbond substituents is 2. The highest BCUT2D eigenvalue weighted by Gasteiger charge is 2.10. The third-order valence-corrected chi connectivity index (χ3v) is 2.42. The van der Waals surface area contributed by atoms with E-state index in [4.69, 9.17) is 0 Å². The standard InChI is InChI=1S/C13H12N2O3/c1-8-12(3-2-4-14-8)15-13(18)9-5-10(16)7-11(17)6-9/h2-7,16-17H,1H3,(H,15,18). The third kappa shape index (κ3) is 2.57. The van der Waals surface area contributed by atoms with Crippen LogP contribution in [0.4, 0.5) is 5.69 Å². The van der Waals surface area contributed by atoms with Crippen molar-refractivity contribution in [3.63, 3.8) is 0 Å². The van der Waals surface area contributed by atoms with E-state index in [1.807, 2.05) is 0 Å². The molecule has 0 aliphatic heterocycles. The number of phenols is 2. The molecule has 0 bridgehead atoms. The van der Waals surface area contributed by atoms with Crippen LogP contribution in [0.5, 0.6) is 11.5 Å². The van der Waals surface area contributed by atoms with Gasteiger partial charge in [-0.05, 0) is 31.2 Å². The molecule has 1 amide bonds. The van der Waals surface area contributed by atoms with Gasteiger partial charge in [0.05, 0.1) is 11.4 Å². The van der Waals surface area contributed by atoms with E-state index < -0.39 is 5.91 Å². The van der Waals surface area contributed by atoms with Gasteiger partial charge in [-0.25, -0.2) is 0 Å². The van der Waals surface area contributed by atoms with Crippen molar-refractivity contribution in [1.82, 2.24) is 4.98 Å². The number of carbonyl (C=O) groups is 1. The number of aromatic nitrogens is 1. The van der Waals surface area contributed by atoms with E-state index in [1.54, 1.807) is 25.3 Å². The Kier molecular flexibility index (Phi) is 3.14.